The highest BCUT2D eigenvalue weighted by Crippen LogP contribution is 2.22. The van der Waals surface area contributed by atoms with Gasteiger partial charge in [-0.2, -0.15) is 0 Å². The number of rotatable bonds is 4. The van der Waals surface area contributed by atoms with Crippen LogP contribution in [-0.2, 0) is 6.54 Å². The van der Waals surface area contributed by atoms with E-state index in [1.54, 1.807) is 19.2 Å². The van der Waals surface area contributed by atoms with Gasteiger partial charge in [0.2, 0.25) is 0 Å². The Balaban J connectivity index is 2.09. The van der Waals surface area contributed by atoms with Gasteiger partial charge in [-0.3, -0.25) is 4.79 Å². The molecule has 2 aromatic rings. The van der Waals surface area contributed by atoms with Gasteiger partial charge < -0.3 is 15.2 Å². The molecular weight excluding hydrogens is 322 g/mol. The SMILES string of the molecule is COc1ccccc1CNC(=O)c1ccc(Br)cc1O. The lowest BCUT2D eigenvalue weighted by Crippen LogP contribution is -2.23. The van der Waals surface area contributed by atoms with Crippen LogP contribution in [0.5, 0.6) is 11.5 Å². The van der Waals surface area contributed by atoms with E-state index in [-0.39, 0.29) is 17.2 Å². The Morgan fingerprint density at radius 1 is 1.30 bits per heavy atom. The minimum Gasteiger partial charge on any atom is -0.507 e. The lowest BCUT2D eigenvalue weighted by atomic mass is 10.1. The number of ether oxygens (including phenoxy) is 1. The molecule has 2 rings (SSSR count). The molecule has 0 bridgehead atoms. The fourth-order valence-corrected chi connectivity index (χ4v) is 2.17. The van der Waals surface area contributed by atoms with Crippen LogP contribution in [0.3, 0.4) is 0 Å². The highest BCUT2D eigenvalue weighted by atomic mass is 79.9. The van der Waals surface area contributed by atoms with Gasteiger partial charge in [0.05, 0.1) is 12.7 Å². The normalized spacial score (nSPS) is 10.1. The van der Waals surface area contributed by atoms with Crippen molar-refractivity contribution >= 4 is 21.8 Å². The van der Waals surface area contributed by atoms with Crippen LogP contribution in [0.4, 0.5) is 0 Å². The van der Waals surface area contributed by atoms with Gasteiger partial charge in [0.15, 0.2) is 0 Å². The molecule has 0 aliphatic carbocycles. The predicted molar refractivity (Wildman–Crippen MR) is 80.0 cm³/mol. The van der Waals surface area contributed by atoms with Gasteiger partial charge in [0.1, 0.15) is 11.5 Å². The lowest BCUT2D eigenvalue weighted by molar-refractivity contribution is 0.0948. The van der Waals surface area contributed by atoms with Gasteiger partial charge in [-0.25, -0.2) is 0 Å². The number of halogens is 1. The zero-order valence-electron chi connectivity index (χ0n) is 10.9. The number of nitrogens with one attached hydrogen (secondary N) is 1. The zero-order chi connectivity index (χ0) is 14.5. The highest BCUT2D eigenvalue weighted by molar-refractivity contribution is 9.10. The van der Waals surface area contributed by atoms with Crippen LogP contribution in [0, 0.1) is 0 Å². The molecule has 20 heavy (non-hydrogen) atoms. The maximum absolute atomic E-state index is 12.0. The molecule has 5 heteroatoms. The number of phenolic OH excluding ortho intramolecular Hbond substituents is 1. The maximum Gasteiger partial charge on any atom is 0.255 e. The van der Waals surface area contributed by atoms with Gasteiger partial charge in [-0.05, 0) is 24.3 Å². The van der Waals surface area contributed by atoms with Gasteiger partial charge >= 0.3 is 0 Å². The third-order valence-corrected chi connectivity index (χ3v) is 3.33. The Hall–Kier alpha value is -2.01. The number of hydrogen-bond donors (Lipinski definition) is 2. The number of methoxy groups -OCH3 is 1. The van der Waals surface area contributed by atoms with E-state index >= 15 is 0 Å². The van der Waals surface area contributed by atoms with Crippen molar-refractivity contribution in [2.75, 3.05) is 7.11 Å². The maximum atomic E-state index is 12.0. The van der Waals surface area contributed by atoms with Crippen molar-refractivity contribution in [3.63, 3.8) is 0 Å². The zero-order valence-corrected chi connectivity index (χ0v) is 12.5. The summed E-state index contributed by atoms with van der Waals surface area (Å²) in [5, 5.41) is 12.5. The molecule has 0 spiro atoms. The minimum absolute atomic E-state index is 0.0584. The molecule has 0 saturated carbocycles. The molecule has 0 saturated heterocycles. The van der Waals surface area contributed by atoms with Gasteiger partial charge in [0, 0.05) is 16.6 Å². The summed E-state index contributed by atoms with van der Waals surface area (Å²) in [5.41, 5.74) is 1.11. The van der Waals surface area contributed by atoms with E-state index < -0.39 is 0 Å². The van der Waals surface area contributed by atoms with E-state index in [0.29, 0.717) is 12.3 Å². The Kier molecular flexibility index (Phi) is 4.63. The van der Waals surface area contributed by atoms with Gasteiger partial charge in [-0.1, -0.05) is 34.1 Å². The molecule has 0 atom stereocenters. The van der Waals surface area contributed by atoms with E-state index in [2.05, 4.69) is 21.2 Å². The summed E-state index contributed by atoms with van der Waals surface area (Å²) in [6.45, 7) is 0.332. The summed E-state index contributed by atoms with van der Waals surface area (Å²) in [6, 6.07) is 12.2. The summed E-state index contributed by atoms with van der Waals surface area (Å²) in [5.74, 6) is 0.325. The molecule has 0 fully saturated rings. The molecule has 104 valence electrons. The first-order chi connectivity index (χ1) is 9.61. The van der Waals surface area contributed by atoms with Crippen molar-refractivity contribution in [2.45, 2.75) is 6.54 Å². The molecule has 2 N–H and O–H groups in total. The van der Waals surface area contributed by atoms with Crippen LogP contribution in [0.1, 0.15) is 15.9 Å². The van der Waals surface area contributed by atoms with Crippen molar-refractivity contribution in [1.29, 1.82) is 0 Å². The summed E-state index contributed by atoms with van der Waals surface area (Å²) >= 11 is 3.23. The second-order valence-corrected chi connectivity index (χ2v) is 5.07. The molecular formula is C15H14BrNO3. The van der Waals surface area contributed by atoms with Crippen molar-refractivity contribution < 1.29 is 14.6 Å². The molecule has 0 heterocycles. The first-order valence-electron chi connectivity index (χ1n) is 6.00. The van der Waals surface area contributed by atoms with Crippen molar-refractivity contribution in [3.05, 3.63) is 58.1 Å². The predicted octanol–water partition coefficient (Wildman–Crippen LogP) is 3.09. The number of benzene rings is 2. The van der Waals surface area contributed by atoms with Gasteiger partial charge in [0.25, 0.3) is 5.91 Å². The van der Waals surface area contributed by atoms with Crippen molar-refractivity contribution in [3.8, 4) is 11.5 Å². The number of para-hydroxylation sites is 1. The second-order valence-electron chi connectivity index (χ2n) is 4.16. The smallest absolute Gasteiger partial charge is 0.255 e. The van der Waals surface area contributed by atoms with Crippen molar-refractivity contribution in [2.24, 2.45) is 0 Å². The molecule has 2 aromatic carbocycles. The summed E-state index contributed by atoms with van der Waals surface area (Å²) in [4.78, 5) is 12.0. The number of amides is 1. The Labute approximate surface area is 125 Å². The molecule has 0 unspecified atom stereocenters. The van der Waals surface area contributed by atoms with E-state index in [1.807, 2.05) is 24.3 Å². The molecule has 1 amide bonds. The summed E-state index contributed by atoms with van der Waals surface area (Å²) in [6.07, 6.45) is 0. The molecule has 0 radical (unpaired) electrons. The van der Waals surface area contributed by atoms with Crippen LogP contribution in [0.15, 0.2) is 46.9 Å². The van der Waals surface area contributed by atoms with E-state index in [4.69, 9.17) is 4.74 Å². The Morgan fingerprint density at radius 3 is 2.75 bits per heavy atom. The minimum atomic E-state index is -0.332. The lowest BCUT2D eigenvalue weighted by Gasteiger charge is -2.10. The van der Waals surface area contributed by atoms with E-state index in [0.717, 1.165) is 10.0 Å². The quantitative estimate of drug-likeness (QED) is 0.902. The van der Waals surface area contributed by atoms with E-state index in [9.17, 15) is 9.90 Å². The third-order valence-electron chi connectivity index (χ3n) is 2.84. The average molecular weight is 336 g/mol. The fraction of sp³-hybridized carbons (Fsp3) is 0.133. The monoisotopic (exact) mass is 335 g/mol. The molecule has 0 aromatic heterocycles. The van der Waals surface area contributed by atoms with Gasteiger partial charge in [-0.15, -0.1) is 0 Å². The van der Waals surface area contributed by atoms with Crippen LogP contribution in [0.25, 0.3) is 0 Å². The van der Waals surface area contributed by atoms with Crippen LogP contribution >= 0.6 is 15.9 Å². The first kappa shape index (κ1) is 14.4. The van der Waals surface area contributed by atoms with Crippen LogP contribution in [-0.4, -0.2) is 18.1 Å². The molecule has 0 aliphatic heterocycles. The Morgan fingerprint density at radius 2 is 2.05 bits per heavy atom. The Bertz CT molecular complexity index is 628. The topological polar surface area (TPSA) is 58.6 Å². The third kappa shape index (κ3) is 3.30. The van der Waals surface area contributed by atoms with Crippen LogP contribution in [0.2, 0.25) is 0 Å². The number of phenols is 1. The molecule has 0 aliphatic rings. The summed E-state index contributed by atoms with van der Waals surface area (Å²) < 4.78 is 5.93. The first-order valence-corrected chi connectivity index (χ1v) is 6.79. The second kappa shape index (κ2) is 6.43. The fourth-order valence-electron chi connectivity index (χ4n) is 1.82. The standard InChI is InChI=1S/C15H14BrNO3/c1-20-14-5-3-2-4-10(14)9-17-15(19)12-7-6-11(16)8-13(12)18/h2-8,18H,9H2,1H3,(H,17,19). The van der Waals surface area contributed by atoms with Crippen molar-refractivity contribution in [1.82, 2.24) is 5.32 Å². The van der Waals surface area contributed by atoms with E-state index in [1.165, 1.54) is 6.07 Å². The summed E-state index contributed by atoms with van der Waals surface area (Å²) in [7, 11) is 1.58. The average Bonchev–Trinajstić information content (AvgIpc) is 2.45. The largest absolute Gasteiger partial charge is 0.507 e. The number of aromatic hydroxyl groups is 1. The van der Waals surface area contributed by atoms with Crippen LogP contribution < -0.4 is 10.1 Å². The highest BCUT2D eigenvalue weighted by Gasteiger charge is 2.11. The number of hydrogen-bond acceptors (Lipinski definition) is 3. The number of carbonyl (C=O) groups is 1. The number of carbonyl (C=O) groups excluding carboxylic acids is 1. The molecule has 4 nitrogen and oxygen atoms in total.